The van der Waals surface area contributed by atoms with Crippen molar-refractivity contribution in [2.75, 3.05) is 5.32 Å². The van der Waals surface area contributed by atoms with E-state index in [1.54, 1.807) is 28.9 Å². The molecule has 1 N–H and O–H groups in total. The summed E-state index contributed by atoms with van der Waals surface area (Å²) in [5.74, 6) is -0.0864. The molecule has 0 saturated heterocycles. The number of carbonyl (C=O) groups excluding carboxylic acids is 2. The number of Topliss-reactive ketones (excluding diaryl/α,β-unsaturated/α-hetero) is 1. The first-order chi connectivity index (χ1) is 12.4. The molecule has 146 valence electrons. The third kappa shape index (κ3) is 5.38. The fourth-order valence-corrected chi connectivity index (χ4v) is 3.21. The summed E-state index contributed by atoms with van der Waals surface area (Å²) in [6.45, 7) is 13.4. The Labute approximate surface area is 164 Å². The molecule has 1 aromatic heterocycles. The predicted molar refractivity (Wildman–Crippen MR) is 107 cm³/mol. The minimum Gasteiger partial charge on any atom is -0.326 e. The van der Waals surface area contributed by atoms with Crippen LogP contribution in [-0.4, -0.2) is 37.1 Å². The minimum atomic E-state index is -0.476. The van der Waals surface area contributed by atoms with Gasteiger partial charge in [-0.1, -0.05) is 32.5 Å². The molecule has 8 heteroatoms. The van der Waals surface area contributed by atoms with Crippen molar-refractivity contribution in [3.05, 3.63) is 29.8 Å². The Morgan fingerprint density at radius 1 is 1.07 bits per heavy atom. The van der Waals surface area contributed by atoms with Crippen molar-refractivity contribution < 1.29 is 9.59 Å². The average molecular weight is 390 g/mol. The van der Waals surface area contributed by atoms with E-state index in [9.17, 15) is 9.59 Å². The maximum Gasteiger partial charge on any atom is 0.229 e. The zero-order chi connectivity index (χ0) is 20.4. The Hall–Kier alpha value is -2.22. The summed E-state index contributed by atoms with van der Waals surface area (Å²) in [5.41, 5.74) is 0.514. The molecule has 0 radical (unpaired) electrons. The molecule has 0 spiro atoms. The summed E-state index contributed by atoms with van der Waals surface area (Å²) in [5, 5.41) is 14.9. The van der Waals surface area contributed by atoms with Gasteiger partial charge in [0.05, 0.1) is 10.8 Å². The van der Waals surface area contributed by atoms with Crippen LogP contribution in [0.1, 0.15) is 58.8 Å². The standard InChI is InChI=1S/C19H27N5O2S/c1-12(27-17-21-22-23-24(17)19(5,6)7)15(25)13-8-10-14(11-9-13)20-16(26)18(2,3)4/h8-12H,1-7H3,(H,20,26). The van der Waals surface area contributed by atoms with E-state index in [-0.39, 0.29) is 22.5 Å². The van der Waals surface area contributed by atoms with Crippen molar-refractivity contribution >= 4 is 29.1 Å². The Balaban J connectivity index is 2.07. The van der Waals surface area contributed by atoms with Crippen LogP contribution < -0.4 is 5.32 Å². The minimum absolute atomic E-state index is 0.0165. The van der Waals surface area contributed by atoms with Gasteiger partial charge in [0.15, 0.2) is 5.78 Å². The number of benzene rings is 1. The Kier molecular flexibility index (Phi) is 6.09. The molecule has 1 heterocycles. The number of aromatic nitrogens is 4. The van der Waals surface area contributed by atoms with Crippen molar-refractivity contribution in [1.82, 2.24) is 20.2 Å². The Bertz CT molecular complexity index is 816. The van der Waals surface area contributed by atoms with E-state index in [0.29, 0.717) is 16.4 Å². The van der Waals surface area contributed by atoms with Crippen LogP contribution in [0, 0.1) is 5.41 Å². The highest BCUT2D eigenvalue weighted by molar-refractivity contribution is 8.00. The van der Waals surface area contributed by atoms with Gasteiger partial charge in [0.1, 0.15) is 0 Å². The SMILES string of the molecule is CC(Sc1nnnn1C(C)(C)C)C(=O)c1ccc(NC(=O)C(C)(C)C)cc1. The van der Waals surface area contributed by atoms with Gasteiger partial charge in [-0.25, -0.2) is 4.68 Å². The molecule has 2 aromatic rings. The van der Waals surface area contributed by atoms with Gasteiger partial charge in [0.25, 0.3) is 0 Å². The lowest BCUT2D eigenvalue weighted by atomic mass is 9.95. The van der Waals surface area contributed by atoms with E-state index in [2.05, 4.69) is 20.8 Å². The van der Waals surface area contributed by atoms with Gasteiger partial charge < -0.3 is 5.32 Å². The van der Waals surface area contributed by atoms with Crippen LogP contribution in [0.15, 0.2) is 29.4 Å². The lowest BCUT2D eigenvalue weighted by molar-refractivity contribution is -0.123. The van der Waals surface area contributed by atoms with Gasteiger partial charge in [0.2, 0.25) is 11.1 Å². The third-order valence-corrected chi connectivity index (χ3v) is 4.87. The topological polar surface area (TPSA) is 89.8 Å². The maximum absolute atomic E-state index is 12.7. The number of rotatable bonds is 5. The number of nitrogens with zero attached hydrogens (tertiary/aromatic N) is 4. The first-order valence-corrected chi connectivity index (χ1v) is 9.69. The molecule has 0 bridgehead atoms. The van der Waals surface area contributed by atoms with Gasteiger partial charge in [-0.3, -0.25) is 9.59 Å². The highest BCUT2D eigenvalue weighted by Crippen LogP contribution is 2.27. The van der Waals surface area contributed by atoms with Crippen LogP contribution in [0.2, 0.25) is 0 Å². The van der Waals surface area contributed by atoms with Crippen molar-refractivity contribution in [3.8, 4) is 0 Å². The Morgan fingerprint density at radius 2 is 1.67 bits per heavy atom. The van der Waals surface area contributed by atoms with Crippen molar-refractivity contribution in [2.45, 2.75) is 64.4 Å². The van der Waals surface area contributed by atoms with E-state index in [1.807, 2.05) is 48.5 Å². The molecular formula is C19H27N5O2S. The van der Waals surface area contributed by atoms with Gasteiger partial charge >= 0.3 is 0 Å². The number of anilines is 1. The van der Waals surface area contributed by atoms with E-state index < -0.39 is 5.41 Å². The summed E-state index contributed by atoms with van der Waals surface area (Å²) in [7, 11) is 0. The molecular weight excluding hydrogens is 362 g/mol. The van der Waals surface area contributed by atoms with Crippen LogP contribution >= 0.6 is 11.8 Å². The smallest absolute Gasteiger partial charge is 0.229 e. The molecule has 0 fully saturated rings. The summed E-state index contributed by atoms with van der Waals surface area (Å²) in [6.07, 6.45) is 0. The predicted octanol–water partition coefficient (Wildman–Crippen LogP) is 3.78. The molecule has 2 rings (SSSR count). The van der Waals surface area contributed by atoms with Gasteiger partial charge in [0, 0.05) is 16.7 Å². The number of carbonyl (C=O) groups is 2. The van der Waals surface area contributed by atoms with Gasteiger partial charge in [-0.05, 0) is 62.4 Å². The largest absolute Gasteiger partial charge is 0.326 e. The van der Waals surface area contributed by atoms with Crippen LogP contribution in [0.4, 0.5) is 5.69 Å². The molecule has 0 saturated carbocycles. The van der Waals surface area contributed by atoms with E-state index in [1.165, 1.54) is 11.8 Å². The summed E-state index contributed by atoms with van der Waals surface area (Å²) in [6, 6.07) is 6.94. The molecule has 7 nitrogen and oxygen atoms in total. The molecule has 0 aliphatic rings. The molecule has 1 atom stereocenters. The van der Waals surface area contributed by atoms with Crippen molar-refractivity contribution in [3.63, 3.8) is 0 Å². The number of amides is 1. The molecule has 1 aromatic carbocycles. The average Bonchev–Trinajstić information content (AvgIpc) is 3.02. The summed E-state index contributed by atoms with van der Waals surface area (Å²) < 4.78 is 1.71. The fourth-order valence-electron chi connectivity index (χ4n) is 2.16. The summed E-state index contributed by atoms with van der Waals surface area (Å²) in [4.78, 5) is 24.8. The lowest BCUT2D eigenvalue weighted by Crippen LogP contribution is -2.27. The zero-order valence-corrected chi connectivity index (χ0v) is 17.7. The van der Waals surface area contributed by atoms with Crippen molar-refractivity contribution in [2.24, 2.45) is 5.41 Å². The van der Waals surface area contributed by atoms with Crippen LogP contribution in [0.25, 0.3) is 0 Å². The highest BCUT2D eigenvalue weighted by Gasteiger charge is 2.25. The number of nitrogens with one attached hydrogen (secondary N) is 1. The monoisotopic (exact) mass is 389 g/mol. The van der Waals surface area contributed by atoms with E-state index >= 15 is 0 Å². The molecule has 0 aliphatic carbocycles. The van der Waals surface area contributed by atoms with Gasteiger partial charge in [-0.15, -0.1) is 5.10 Å². The highest BCUT2D eigenvalue weighted by atomic mass is 32.2. The quantitative estimate of drug-likeness (QED) is 0.618. The zero-order valence-electron chi connectivity index (χ0n) is 16.9. The van der Waals surface area contributed by atoms with E-state index in [4.69, 9.17) is 0 Å². The van der Waals surface area contributed by atoms with Crippen LogP contribution in [0.5, 0.6) is 0 Å². The summed E-state index contributed by atoms with van der Waals surface area (Å²) >= 11 is 1.33. The number of hydrogen-bond acceptors (Lipinski definition) is 6. The van der Waals surface area contributed by atoms with Crippen LogP contribution in [0.3, 0.4) is 0 Å². The second kappa shape index (κ2) is 7.80. The van der Waals surface area contributed by atoms with E-state index in [0.717, 1.165) is 0 Å². The molecule has 1 amide bonds. The first-order valence-electron chi connectivity index (χ1n) is 8.81. The maximum atomic E-state index is 12.7. The number of hydrogen-bond donors (Lipinski definition) is 1. The lowest BCUT2D eigenvalue weighted by Gasteiger charge is -2.20. The van der Waals surface area contributed by atoms with Crippen LogP contribution in [-0.2, 0) is 10.3 Å². The second-order valence-electron chi connectivity index (χ2n) is 8.45. The number of thioether (sulfide) groups is 1. The second-order valence-corrected chi connectivity index (χ2v) is 9.76. The fraction of sp³-hybridized carbons (Fsp3) is 0.526. The molecule has 1 unspecified atom stereocenters. The van der Waals surface area contributed by atoms with Gasteiger partial charge in [-0.2, -0.15) is 0 Å². The third-order valence-electron chi connectivity index (χ3n) is 3.84. The number of tetrazole rings is 1. The normalized spacial score (nSPS) is 13.3. The number of ketones is 1. The molecule has 0 aliphatic heterocycles. The van der Waals surface area contributed by atoms with Crippen molar-refractivity contribution in [1.29, 1.82) is 0 Å². The Morgan fingerprint density at radius 3 is 2.19 bits per heavy atom. The first kappa shape index (κ1) is 21.1. The molecule has 27 heavy (non-hydrogen) atoms.